The maximum Gasteiger partial charge on any atom is 0.242 e. The van der Waals surface area contributed by atoms with E-state index in [1.54, 1.807) is 7.11 Å². The molecule has 0 amide bonds. The SMILES string of the molecule is COC1CCCC1NS(=O)(=O)c1cc(C#N)ccc1Cl. The first kappa shape index (κ1) is 15.3. The zero-order chi connectivity index (χ0) is 14.8. The fourth-order valence-corrected chi connectivity index (χ4v) is 4.21. The Bertz CT molecular complexity index is 640. The lowest BCUT2D eigenvalue weighted by Gasteiger charge is -2.20. The molecule has 1 saturated carbocycles. The first-order valence-electron chi connectivity index (χ1n) is 6.22. The number of hydrogen-bond acceptors (Lipinski definition) is 4. The minimum atomic E-state index is -3.76. The van der Waals surface area contributed by atoms with Crippen LogP contribution in [0.4, 0.5) is 0 Å². The summed E-state index contributed by atoms with van der Waals surface area (Å²) in [5.74, 6) is 0. The van der Waals surface area contributed by atoms with Crippen LogP contribution < -0.4 is 4.72 Å². The molecule has 0 aliphatic heterocycles. The van der Waals surface area contributed by atoms with Crippen molar-refractivity contribution in [1.82, 2.24) is 4.72 Å². The summed E-state index contributed by atoms with van der Waals surface area (Å²) in [4.78, 5) is -0.0695. The molecule has 1 aromatic rings. The van der Waals surface area contributed by atoms with Gasteiger partial charge in [0.15, 0.2) is 0 Å². The van der Waals surface area contributed by atoms with Crippen molar-refractivity contribution >= 4 is 21.6 Å². The Morgan fingerprint density at radius 1 is 1.45 bits per heavy atom. The number of nitrogens with zero attached hydrogens (tertiary/aromatic N) is 1. The summed E-state index contributed by atoms with van der Waals surface area (Å²) in [5.41, 5.74) is 0.254. The standard InChI is InChI=1S/C13H15ClN2O3S/c1-19-12-4-2-3-11(12)16-20(17,18)13-7-9(8-15)5-6-10(13)14/h5-7,11-12,16H,2-4H2,1H3. The quantitative estimate of drug-likeness (QED) is 0.922. The van der Waals surface area contributed by atoms with Crippen molar-refractivity contribution in [2.45, 2.75) is 36.3 Å². The molecular weight excluding hydrogens is 300 g/mol. The zero-order valence-corrected chi connectivity index (χ0v) is 12.5. The normalized spacial score (nSPS) is 22.6. The second kappa shape index (κ2) is 6.10. The fourth-order valence-electron chi connectivity index (χ4n) is 2.38. The van der Waals surface area contributed by atoms with E-state index in [1.807, 2.05) is 6.07 Å². The number of methoxy groups -OCH3 is 1. The van der Waals surface area contributed by atoms with E-state index >= 15 is 0 Å². The first-order chi connectivity index (χ1) is 9.47. The van der Waals surface area contributed by atoms with Crippen LogP contribution in [-0.2, 0) is 14.8 Å². The Hall–Kier alpha value is -1.13. The van der Waals surface area contributed by atoms with E-state index < -0.39 is 10.0 Å². The molecule has 1 aromatic carbocycles. The number of benzene rings is 1. The summed E-state index contributed by atoms with van der Waals surface area (Å²) in [6, 6.07) is 5.82. The van der Waals surface area contributed by atoms with Crippen molar-refractivity contribution in [3.05, 3.63) is 28.8 Å². The van der Waals surface area contributed by atoms with Gasteiger partial charge in [-0.3, -0.25) is 0 Å². The molecule has 1 N–H and O–H groups in total. The highest BCUT2D eigenvalue weighted by Crippen LogP contribution is 2.26. The Kier molecular flexibility index (Phi) is 4.66. The molecular formula is C13H15ClN2O3S. The number of nitrogens with one attached hydrogen (secondary N) is 1. The van der Waals surface area contributed by atoms with Crippen molar-refractivity contribution in [2.75, 3.05) is 7.11 Å². The molecule has 0 saturated heterocycles. The molecule has 0 aromatic heterocycles. The molecule has 1 aliphatic rings. The lowest BCUT2D eigenvalue weighted by atomic mass is 10.2. The van der Waals surface area contributed by atoms with Crippen molar-refractivity contribution in [2.24, 2.45) is 0 Å². The van der Waals surface area contributed by atoms with Gasteiger partial charge in [0.2, 0.25) is 10.0 Å². The lowest BCUT2D eigenvalue weighted by molar-refractivity contribution is 0.0916. The Morgan fingerprint density at radius 3 is 2.85 bits per heavy atom. The molecule has 1 fully saturated rings. The molecule has 2 atom stereocenters. The van der Waals surface area contributed by atoms with E-state index in [1.165, 1.54) is 18.2 Å². The summed E-state index contributed by atoms with van der Waals surface area (Å²) >= 11 is 5.93. The van der Waals surface area contributed by atoms with E-state index in [-0.39, 0.29) is 27.6 Å². The van der Waals surface area contributed by atoms with Crippen LogP contribution in [-0.4, -0.2) is 27.7 Å². The van der Waals surface area contributed by atoms with E-state index in [2.05, 4.69) is 4.72 Å². The van der Waals surface area contributed by atoms with Crippen molar-refractivity contribution in [3.63, 3.8) is 0 Å². The topological polar surface area (TPSA) is 79.2 Å². The average molecular weight is 315 g/mol. The summed E-state index contributed by atoms with van der Waals surface area (Å²) in [6.07, 6.45) is 2.35. The number of sulfonamides is 1. The Labute approximate surface area is 123 Å². The largest absolute Gasteiger partial charge is 0.380 e. The van der Waals surface area contributed by atoms with Crippen LogP contribution in [0.1, 0.15) is 24.8 Å². The molecule has 0 bridgehead atoms. The van der Waals surface area contributed by atoms with Gasteiger partial charge in [-0.05, 0) is 37.5 Å². The van der Waals surface area contributed by atoms with Gasteiger partial charge in [0.1, 0.15) is 4.90 Å². The van der Waals surface area contributed by atoms with Gasteiger partial charge in [-0.1, -0.05) is 11.6 Å². The van der Waals surface area contributed by atoms with Gasteiger partial charge in [-0.2, -0.15) is 5.26 Å². The summed E-state index contributed by atoms with van der Waals surface area (Å²) in [6.45, 7) is 0. The maximum atomic E-state index is 12.4. The van der Waals surface area contributed by atoms with Gasteiger partial charge < -0.3 is 4.74 Å². The molecule has 20 heavy (non-hydrogen) atoms. The Morgan fingerprint density at radius 2 is 2.20 bits per heavy atom. The van der Waals surface area contributed by atoms with Gasteiger partial charge in [-0.15, -0.1) is 0 Å². The first-order valence-corrected chi connectivity index (χ1v) is 8.09. The third-order valence-corrected chi connectivity index (χ3v) is 5.38. The van der Waals surface area contributed by atoms with Gasteiger partial charge in [0, 0.05) is 13.2 Å². The number of nitriles is 1. The highest BCUT2D eigenvalue weighted by atomic mass is 35.5. The molecule has 5 nitrogen and oxygen atoms in total. The summed E-state index contributed by atoms with van der Waals surface area (Å²) in [7, 11) is -2.19. The Balaban J connectivity index is 2.29. The minimum Gasteiger partial charge on any atom is -0.380 e. The molecule has 2 unspecified atom stereocenters. The monoisotopic (exact) mass is 314 g/mol. The van der Waals surface area contributed by atoms with Gasteiger partial charge >= 0.3 is 0 Å². The number of halogens is 1. The second-order valence-corrected chi connectivity index (χ2v) is 6.78. The predicted molar refractivity (Wildman–Crippen MR) is 74.9 cm³/mol. The lowest BCUT2D eigenvalue weighted by Crippen LogP contribution is -2.40. The van der Waals surface area contributed by atoms with Crippen LogP contribution in [0.3, 0.4) is 0 Å². The highest BCUT2D eigenvalue weighted by molar-refractivity contribution is 7.89. The van der Waals surface area contributed by atoms with Gasteiger partial charge in [-0.25, -0.2) is 13.1 Å². The van der Waals surface area contributed by atoms with E-state index in [9.17, 15) is 8.42 Å². The smallest absolute Gasteiger partial charge is 0.242 e. The molecule has 2 rings (SSSR count). The highest BCUT2D eigenvalue weighted by Gasteiger charge is 2.32. The molecule has 7 heteroatoms. The maximum absolute atomic E-state index is 12.4. The summed E-state index contributed by atoms with van der Waals surface area (Å²) in [5, 5.41) is 8.96. The number of hydrogen-bond donors (Lipinski definition) is 1. The summed E-state index contributed by atoms with van der Waals surface area (Å²) < 4.78 is 32.6. The molecule has 108 valence electrons. The van der Waals surface area contributed by atoms with Crippen LogP contribution in [0.2, 0.25) is 5.02 Å². The van der Waals surface area contributed by atoms with Crippen LogP contribution in [0.25, 0.3) is 0 Å². The number of rotatable bonds is 4. The van der Waals surface area contributed by atoms with Gasteiger partial charge in [0.05, 0.1) is 22.8 Å². The second-order valence-electron chi connectivity index (χ2n) is 4.69. The molecule has 0 heterocycles. The van der Waals surface area contributed by atoms with Crippen molar-refractivity contribution < 1.29 is 13.2 Å². The van der Waals surface area contributed by atoms with E-state index in [0.717, 1.165) is 19.3 Å². The number of ether oxygens (including phenoxy) is 1. The molecule has 0 radical (unpaired) electrons. The average Bonchev–Trinajstić information content (AvgIpc) is 2.85. The van der Waals surface area contributed by atoms with Crippen molar-refractivity contribution in [3.8, 4) is 6.07 Å². The predicted octanol–water partition coefficient (Wildman–Crippen LogP) is 2.06. The van der Waals surface area contributed by atoms with E-state index in [4.69, 9.17) is 21.6 Å². The third-order valence-electron chi connectivity index (χ3n) is 3.41. The van der Waals surface area contributed by atoms with Crippen LogP contribution >= 0.6 is 11.6 Å². The third kappa shape index (κ3) is 3.13. The van der Waals surface area contributed by atoms with Crippen LogP contribution in [0, 0.1) is 11.3 Å². The van der Waals surface area contributed by atoms with Gasteiger partial charge in [0.25, 0.3) is 0 Å². The minimum absolute atomic E-state index is 0.0695. The fraction of sp³-hybridized carbons (Fsp3) is 0.462. The zero-order valence-electron chi connectivity index (χ0n) is 11.0. The van der Waals surface area contributed by atoms with Crippen molar-refractivity contribution in [1.29, 1.82) is 5.26 Å². The molecule has 0 spiro atoms. The molecule has 1 aliphatic carbocycles. The van der Waals surface area contributed by atoms with Crippen LogP contribution in [0.15, 0.2) is 23.1 Å². The van der Waals surface area contributed by atoms with E-state index in [0.29, 0.717) is 0 Å². The van der Waals surface area contributed by atoms with Crippen LogP contribution in [0.5, 0.6) is 0 Å².